The van der Waals surface area contributed by atoms with Crippen molar-refractivity contribution in [2.24, 2.45) is 0 Å². The van der Waals surface area contributed by atoms with Gasteiger partial charge in [0.2, 0.25) is 0 Å². The van der Waals surface area contributed by atoms with E-state index in [0.717, 1.165) is 17.8 Å². The molecule has 0 unspecified atom stereocenters. The average molecular weight is 311 g/mol. The van der Waals surface area contributed by atoms with E-state index in [4.69, 9.17) is 15.7 Å². The van der Waals surface area contributed by atoms with Crippen molar-refractivity contribution in [1.29, 1.82) is 5.26 Å². The number of ether oxygens (including phenoxy) is 1. The number of rotatable bonds is 3. The molecule has 2 N–H and O–H groups in total. The summed E-state index contributed by atoms with van der Waals surface area (Å²) >= 11 is 0. The molecule has 1 aromatic heterocycles. The summed E-state index contributed by atoms with van der Waals surface area (Å²) in [6.45, 7) is 2.45. The minimum atomic E-state index is -0.638. The van der Waals surface area contributed by atoms with Crippen molar-refractivity contribution in [1.82, 2.24) is 14.7 Å². The maximum absolute atomic E-state index is 12.5. The third-order valence-corrected chi connectivity index (χ3v) is 3.81. The van der Waals surface area contributed by atoms with Gasteiger partial charge in [-0.15, -0.1) is 0 Å². The fraction of sp³-hybridized carbons (Fsp3) is 0.312. The Morgan fingerprint density at radius 2 is 2.22 bits per heavy atom. The summed E-state index contributed by atoms with van der Waals surface area (Å²) in [6.07, 6.45) is 0.652. The number of aromatic nitrogens is 2. The molecule has 0 bridgehead atoms. The summed E-state index contributed by atoms with van der Waals surface area (Å²) < 4.78 is 6.62. The minimum Gasteiger partial charge on any atom is -0.382 e. The first kappa shape index (κ1) is 15.2. The second-order valence-corrected chi connectivity index (χ2v) is 5.39. The fourth-order valence-electron chi connectivity index (χ4n) is 2.59. The highest BCUT2D eigenvalue weighted by Crippen LogP contribution is 2.15. The summed E-state index contributed by atoms with van der Waals surface area (Å²) in [5, 5.41) is 12.8. The van der Waals surface area contributed by atoms with Crippen LogP contribution in [0.5, 0.6) is 0 Å². The molecule has 7 nitrogen and oxygen atoms in total. The SMILES string of the molecule is N#Cc1cnn(C(=O)[C@@H]2CN(Cc3ccccc3)CCO2)c1N. The number of carbonyl (C=O) groups is 1. The Balaban J connectivity index is 1.69. The van der Waals surface area contributed by atoms with E-state index in [-0.39, 0.29) is 17.3 Å². The number of benzene rings is 1. The van der Waals surface area contributed by atoms with E-state index in [1.54, 1.807) is 0 Å². The van der Waals surface area contributed by atoms with Gasteiger partial charge in [-0.25, -0.2) is 0 Å². The summed E-state index contributed by atoms with van der Waals surface area (Å²) in [7, 11) is 0. The molecule has 2 aromatic rings. The van der Waals surface area contributed by atoms with Crippen LogP contribution >= 0.6 is 0 Å². The van der Waals surface area contributed by atoms with Crippen LogP contribution in [0.15, 0.2) is 36.5 Å². The van der Waals surface area contributed by atoms with Crippen molar-refractivity contribution in [2.45, 2.75) is 12.6 Å². The van der Waals surface area contributed by atoms with E-state index >= 15 is 0 Å². The molecule has 1 aliphatic rings. The number of carbonyl (C=O) groups excluding carboxylic acids is 1. The summed E-state index contributed by atoms with van der Waals surface area (Å²) in [5.74, 6) is -0.289. The van der Waals surface area contributed by atoms with Crippen molar-refractivity contribution in [3.63, 3.8) is 0 Å². The minimum absolute atomic E-state index is 0.0567. The number of anilines is 1. The molecule has 0 spiro atoms. The van der Waals surface area contributed by atoms with Crippen LogP contribution < -0.4 is 5.73 Å². The molecule has 2 heterocycles. The van der Waals surface area contributed by atoms with Gasteiger partial charge in [-0.05, 0) is 5.56 Å². The first-order valence-corrected chi connectivity index (χ1v) is 7.34. The van der Waals surface area contributed by atoms with E-state index < -0.39 is 6.10 Å². The molecule has 118 valence electrons. The van der Waals surface area contributed by atoms with Crippen LogP contribution in [-0.2, 0) is 11.3 Å². The Morgan fingerprint density at radius 1 is 1.43 bits per heavy atom. The van der Waals surface area contributed by atoms with Crippen molar-refractivity contribution < 1.29 is 9.53 Å². The van der Waals surface area contributed by atoms with Gasteiger partial charge < -0.3 is 10.5 Å². The standard InChI is InChI=1S/C16H17N5O2/c17-8-13-9-19-21(15(13)18)16(22)14-11-20(6-7-23-14)10-12-4-2-1-3-5-12/h1-5,9,14H,6-7,10-11,18H2/t14-/m0/s1. The third kappa shape index (κ3) is 3.23. The van der Waals surface area contributed by atoms with Crippen molar-refractivity contribution in [3.8, 4) is 6.07 Å². The molecular formula is C16H17N5O2. The van der Waals surface area contributed by atoms with Crippen LogP contribution in [0.3, 0.4) is 0 Å². The number of nitrogen functional groups attached to an aromatic ring is 1. The van der Waals surface area contributed by atoms with Crippen LogP contribution in [0, 0.1) is 11.3 Å². The highest BCUT2D eigenvalue weighted by Gasteiger charge is 2.29. The van der Waals surface area contributed by atoms with Crippen molar-refractivity contribution >= 4 is 11.7 Å². The lowest BCUT2D eigenvalue weighted by atomic mass is 10.2. The normalized spacial score (nSPS) is 18.5. The topological polar surface area (TPSA) is 97.2 Å². The molecular weight excluding hydrogens is 294 g/mol. The number of nitrogens with two attached hydrogens (primary N) is 1. The summed E-state index contributed by atoms with van der Waals surface area (Å²) in [6, 6.07) is 12.0. The van der Waals surface area contributed by atoms with Gasteiger partial charge in [-0.1, -0.05) is 30.3 Å². The molecule has 1 atom stereocenters. The molecule has 7 heteroatoms. The molecule has 1 aromatic carbocycles. The molecule has 0 radical (unpaired) electrons. The van der Waals surface area contributed by atoms with Gasteiger partial charge in [0.1, 0.15) is 17.5 Å². The Bertz CT molecular complexity index is 735. The maximum atomic E-state index is 12.5. The zero-order valence-electron chi connectivity index (χ0n) is 12.6. The number of nitriles is 1. The molecule has 0 aliphatic carbocycles. The number of nitrogens with zero attached hydrogens (tertiary/aromatic N) is 4. The molecule has 1 aliphatic heterocycles. The highest BCUT2D eigenvalue weighted by molar-refractivity contribution is 5.86. The number of morpholine rings is 1. The molecule has 3 rings (SSSR count). The molecule has 1 saturated heterocycles. The molecule has 0 saturated carbocycles. The summed E-state index contributed by atoms with van der Waals surface area (Å²) in [5.41, 5.74) is 7.14. The van der Waals surface area contributed by atoms with Crippen LogP contribution in [0.4, 0.5) is 5.82 Å². The predicted octanol–water partition coefficient (Wildman–Crippen LogP) is 0.878. The van der Waals surface area contributed by atoms with Gasteiger partial charge in [0, 0.05) is 19.6 Å². The first-order chi connectivity index (χ1) is 11.2. The van der Waals surface area contributed by atoms with E-state index in [1.807, 2.05) is 24.3 Å². The Morgan fingerprint density at radius 3 is 2.91 bits per heavy atom. The third-order valence-electron chi connectivity index (χ3n) is 3.81. The maximum Gasteiger partial charge on any atom is 0.279 e. The van der Waals surface area contributed by atoms with Gasteiger partial charge in [0.25, 0.3) is 5.91 Å². The largest absolute Gasteiger partial charge is 0.382 e. The lowest BCUT2D eigenvalue weighted by Crippen LogP contribution is -2.47. The molecule has 1 fully saturated rings. The zero-order chi connectivity index (χ0) is 16.2. The highest BCUT2D eigenvalue weighted by atomic mass is 16.5. The monoisotopic (exact) mass is 311 g/mol. The zero-order valence-corrected chi connectivity index (χ0v) is 12.6. The summed E-state index contributed by atoms with van der Waals surface area (Å²) in [4.78, 5) is 14.7. The van der Waals surface area contributed by atoms with Crippen LogP contribution in [0.25, 0.3) is 0 Å². The van der Waals surface area contributed by atoms with E-state index in [9.17, 15) is 4.79 Å². The van der Waals surface area contributed by atoms with E-state index in [2.05, 4.69) is 22.1 Å². The lowest BCUT2D eigenvalue weighted by Gasteiger charge is -2.32. The van der Waals surface area contributed by atoms with Crippen LogP contribution in [0.2, 0.25) is 0 Å². The Labute approximate surface area is 133 Å². The smallest absolute Gasteiger partial charge is 0.279 e. The molecule has 0 amide bonds. The Kier molecular flexibility index (Phi) is 4.37. The first-order valence-electron chi connectivity index (χ1n) is 7.34. The van der Waals surface area contributed by atoms with E-state index in [0.29, 0.717) is 13.2 Å². The van der Waals surface area contributed by atoms with Crippen molar-refractivity contribution in [2.75, 3.05) is 25.4 Å². The van der Waals surface area contributed by atoms with Crippen LogP contribution in [-0.4, -0.2) is 46.4 Å². The Hall–Kier alpha value is -2.69. The predicted molar refractivity (Wildman–Crippen MR) is 83.4 cm³/mol. The van der Waals surface area contributed by atoms with Crippen molar-refractivity contribution in [3.05, 3.63) is 47.7 Å². The quantitative estimate of drug-likeness (QED) is 0.903. The van der Waals surface area contributed by atoms with Gasteiger partial charge in [-0.2, -0.15) is 15.0 Å². The second-order valence-electron chi connectivity index (χ2n) is 5.39. The van der Waals surface area contributed by atoms with Gasteiger partial charge >= 0.3 is 0 Å². The second kappa shape index (κ2) is 6.60. The fourth-order valence-corrected chi connectivity index (χ4v) is 2.59. The van der Waals surface area contributed by atoms with Gasteiger partial charge in [-0.3, -0.25) is 9.69 Å². The molecule has 23 heavy (non-hydrogen) atoms. The van der Waals surface area contributed by atoms with E-state index in [1.165, 1.54) is 11.8 Å². The van der Waals surface area contributed by atoms with Gasteiger partial charge in [0.15, 0.2) is 6.10 Å². The average Bonchev–Trinajstić information content (AvgIpc) is 2.96. The number of hydrogen-bond acceptors (Lipinski definition) is 6. The number of hydrogen-bond donors (Lipinski definition) is 1. The van der Waals surface area contributed by atoms with Crippen LogP contribution in [0.1, 0.15) is 15.9 Å². The lowest BCUT2D eigenvalue weighted by molar-refractivity contribution is -0.0242. The van der Waals surface area contributed by atoms with Gasteiger partial charge in [0.05, 0.1) is 12.8 Å².